The minimum absolute atomic E-state index is 0.527. The topological polar surface area (TPSA) is 61.0 Å². The van der Waals surface area contributed by atoms with Crippen LogP contribution in [0.5, 0.6) is 11.6 Å². The molecule has 0 aliphatic carbocycles. The Kier molecular flexibility index (Phi) is 4.41. The van der Waals surface area contributed by atoms with Crippen LogP contribution < -0.4 is 10.5 Å². The van der Waals surface area contributed by atoms with Gasteiger partial charge in [-0.1, -0.05) is 42.5 Å². The Balaban J connectivity index is 1.83. The molecule has 0 aliphatic heterocycles. The highest BCUT2D eigenvalue weighted by Crippen LogP contribution is 2.24. The van der Waals surface area contributed by atoms with Crippen molar-refractivity contribution < 1.29 is 4.74 Å². The molecule has 0 amide bonds. The summed E-state index contributed by atoms with van der Waals surface area (Å²) in [6.45, 7) is 0.620. The van der Waals surface area contributed by atoms with Gasteiger partial charge in [-0.2, -0.15) is 0 Å². The summed E-state index contributed by atoms with van der Waals surface area (Å²) in [5.41, 5.74) is 8.61. The van der Waals surface area contributed by atoms with E-state index < -0.39 is 0 Å². The average Bonchev–Trinajstić information content (AvgIpc) is 2.57. The Morgan fingerprint density at radius 3 is 2.59 bits per heavy atom. The van der Waals surface area contributed by atoms with E-state index in [9.17, 15) is 0 Å². The molecule has 0 spiro atoms. The van der Waals surface area contributed by atoms with Crippen LogP contribution in [0.15, 0.2) is 67.0 Å². The van der Waals surface area contributed by atoms with E-state index in [0.717, 1.165) is 29.0 Å². The first kappa shape index (κ1) is 14.2. The van der Waals surface area contributed by atoms with Crippen molar-refractivity contribution >= 4 is 0 Å². The van der Waals surface area contributed by atoms with Crippen LogP contribution in [0.1, 0.15) is 5.56 Å². The molecule has 3 aromatic rings. The Bertz CT molecular complexity index is 744. The Labute approximate surface area is 129 Å². The smallest absolute Gasteiger partial charge is 0.222 e. The molecule has 2 aromatic carbocycles. The van der Waals surface area contributed by atoms with Gasteiger partial charge in [-0.15, -0.1) is 0 Å². The van der Waals surface area contributed by atoms with Crippen LogP contribution in [0.25, 0.3) is 11.3 Å². The van der Waals surface area contributed by atoms with Crippen LogP contribution in [0.2, 0.25) is 0 Å². The molecular weight excluding hydrogens is 274 g/mol. The van der Waals surface area contributed by atoms with Crippen molar-refractivity contribution in [1.29, 1.82) is 0 Å². The van der Waals surface area contributed by atoms with Crippen molar-refractivity contribution in [3.8, 4) is 22.9 Å². The van der Waals surface area contributed by atoms with Crippen molar-refractivity contribution in [2.24, 2.45) is 5.73 Å². The van der Waals surface area contributed by atoms with Crippen molar-refractivity contribution in [1.82, 2.24) is 9.97 Å². The lowest BCUT2D eigenvalue weighted by Gasteiger charge is -2.07. The summed E-state index contributed by atoms with van der Waals surface area (Å²) in [6, 6.07) is 19.7. The highest BCUT2D eigenvalue weighted by atomic mass is 16.5. The van der Waals surface area contributed by atoms with E-state index in [1.54, 1.807) is 0 Å². The van der Waals surface area contributed by atoms with Gasteiger partial charge in [-0.3, -0.25) is 0 Å². The van der Waals surface area contributed by atoms with E-state index in [1.807, 2.05) is 60.7 Å². The van der Waals surface area contributed by atoms with Gasteiger partial charge in [0, 0.05) is 11.6 Å². The molecule has 0 aliphatic rings. The van der Waals surface area contributed by atoms with E-state index in [0.29, 0.717) is 12.4 Å². The first-order valence-electron chi connectivity index (χ1n) is 7.19. The molecule has 3 rings (SSSR count). The highest BCUT2D eigenvalue weighted by molar-refractivity contribution is 5.59. The quantitative estimate of drug-likeness (QED) is 0.782. The van der Waals surface area contributed by atoms with Crippen LogP contribution in [0.3, 0.4) is 0 Å². The number of nitrogens with two attached hydrogens (primary N) is 1. The van der Waals surface area contributed by atoms with Gasteiger partial charge in [0.1, 0.15) is 12.1 Å². The molecule has 0 radical (unpaired) electrons. The summed E-state index contributed by atoms with van der Waals surface area (Å²) in [7, 11) is 0. The van der Waals surface area contributed by atoms with Crippen LogP contribution in [-0.2, 0) is 6.42 Å². The zero-order valence-corrected chi connectivity index (χ0v) is 12.1. The third-order valence-corrected chi connectivity index (χ3v) is 3.27. The molecule has 0 unspecified atom stereocenters. The van der Waals surface area contributed by atoms with Crippen molar-refractivity contribution in [2.75, 3.05) is 6.54 Å². The zero-order valence-electron chi connectivity index (χ0n) is 12.1. The van der Waals surface area contributed by atoms with Gasteiger partial charge >= 0.3 is 0 Å². The lowest BCUT2D eigenvalue weighted by Crippen LogP contribution is -2.02. The van der Waals surface area contributed by atoms with E-state index >= 15 is 0 Å². The molecule has 1 heterocycles. The SMILES string of the molecule is NCCc1cccc(Oc2cc(-c3ccccc3)ncn2)c1. The van der Waals surface area contributed by atoms with Gasteiger partial charge in [0.05, 0.1) is 5.69 Å². The first-order valence-corrected chi connectivity index (χ1v) is 7.19. The maximum atomic E-state index is 5.84. The van der Waals surface area contributed by atoms with Crippen molar-refractivity contribution in [3.05, 3.63) is 72.6 Å². The predicted octanol–water partition coefficient (Wildman–Crippen LogP) is 3.44. The fourth-order valence-corrected chi connectivity index (χ4v) is 2.21. The van der Waals surface area contributed by atoms with Gasteiger partial charge in [0.15, 0.2) is 0 Å². The van der Waals surface area contributed by atoms with Gasteiger partial charge in [0.25, 0.3) is 0 Å². The number of ether oxygens (including phenoxy) is 1. The second kappa shape index (κ2) is 6.83. The summed E-state index contributed by atoms with van der Waals surface area (Å²) >= 11 is 0. The second-order valence-corrected chi connectivity index (χ2v) is 4.90. The van der Waals surface area contributed by atoms with Crippen molar-refractivity contribution in [2.45, 2.75) is 6.42 Å². The number of hydrogen-bond donors (Lipinski definition) is 1. The Morgan fingerprint density at radius 1 is 0.909 bits per heavy atom. The second-order valence-electron chi connectivity index (χ2n) is 4.90. The summed E-state index contributed by atoms with van der Waals surface area (Å²) in [6.07, 6.45) is 2.34. The third-order valence-electron chi connectivity index (χ3n) is 3.27. The van der Waals surface area contributed by atoms with E-state index in [-0.39, 0.29) is 0 Å². The van der Waals surface area contributed by atoms with E-state index in [1.165, 1.54) is 6.33 Å². The minimum Gasteiger partial charge on any atom is -0.439 e. The third kappa shape index (κ3) is 3.48. The van der Waals surface area contributed by atoms with Crippen LogP contribution in [0.4, 0.5) is 0 Å². The number of nitrogens with zero attached hydrogens (tertiary/aromatic N) is 2. The average molecular weight is 291 g/mol. The Hall–Kier alpha value is -2.72. The molecule has 4 nitrogen and oxygen atoms in total. The fraction of sp³-hybridized carbons (Fsp3) is 0.111. The molecule has 1 aromatic heterocycles. The highest BCUT2D eigenvalue weighted by Gasteiger charge is 2.04. The number of hydrogen-bond acceptors (Lipinski definition) is 4. The summed E-state index contributed by atoms with van der Waals surface area (Å²) < 4.78 is 5.84. The summed E-state index contributed by atoms with van der Waals surface area (Å²) in [5.74, 6) is 1.28. The lowest BCUT2D eigenvalue weighted by molar-refractivity contribution is 0.461. The van der Waals surface area contributed by atoms with Gasteiger partial charge in [-0.25, -0.2) is 9.97 Å². The first-order chi connectivity index (χ1) is 10.8. The largest absolute Gasteiger partial charge is 0.439 e. The van der Waals surface area contributed by atoms with E-state index in [4.69, 9.17) is 10.5 Å². The molecule has 0 atom stereocenters. The predicted molar refractivity (Wildman–Crippen MR) is 86.7 cm³/mol. The lowest BCUT2D eigenvalue weighted by atomic mass is 10.1. The number of benzene rings is 2. The van der Waals surface area contributed by atoms with E-state index in [2.05, 4.69) is 9.97 Å². The Morgan fingerprint density at radius 2 is 1.77 bits per heavy atom. The molecular formula is C18H17N3O. The molecule has 0 fully saturated rings. The van der Waals surface area contributed by atoms with Gasteiger partial charge in [0.2, 0.25) is 5.88 Å². The molecule has 2 N–H and O–H groups in total. The zero-order chi connectivity index (χ0) is 15.2. The van der Waals surface area contributed by atoms with Crippen LogP contribution >= 0.6 is 0 Å². The number of aromatic nitrogens is 2. The maximum absolute atomic E-state index is 5.84. The van der Waals surface area contributed by atoms with Crippen molar-refractivity contribution in [3.63, 3.8) is 0 Å². The molecule has 4 heteroatoms. The molecule has 0 saturated carbocycles. The standard InChI is InChI=1S/C18H17N3O/c19-10-9-14-5-4-8-16(11-14)22-18-12-17(20-13-21-18)15-6-2-1-3-7-15/h1-8,11-13H,9-10,19H2. The molecule has 110 valence electrons. The summed E-state index contributed by atoms with van der Waals surface area (Å²) in [4.78, 5) is 8.47. The normalized spacial score (nSPS) is 10.4. The van der Waals surface area contributed by atoms with Gasteiger partial charge < -0.3 is 10.5 Å². The number of rotatable bonds is 5. The monoisotopic (exact) mass is 291 g/mol. The van der Waals surface area contributed by atoms with Gasteiger partial charge in [-0.05, 0) is 30.7 Å². The minimum atomic E-state index is 0.527. The molecule has 0 saturated heterocycles. The van der Waals surface area contributed by atoms with Crippen LogP contribution in [-0.4, -0.2) is 16.5 Å². The molecule has 0 bridgehead atoms. The fourth-order valence-electron chi connectivity index (χ4n) is 2.21. The molecule has 22 heavy (non-hydrogen) atoms. The van der Waals surface area contributed by atoms with Crippen LogP contribution in [0, 0.1) is 0 Å². The summed E-state index contributed by atoms with van der Waals surface area (Å²) in [5, 5.41) is 0. The maximum Gasteiger partial charge on any atom is 0.222 e.